The molecule has 0 bridgehead atoms. The largest absolute Gasteiger partial charge is 0.479 e. The molecule has 1 rings (SSSR count). The van der Waals surface area contributed by atoms with Crippen molar-refractivity contribution in [2.75, 3.05) is 0 Å². The minimum absolute atomic E-state index is 0.648. The van der Waals surface area contributed by atoms with Crippen LogP contribution >= 0.6 is 33.9 Å². The molecule has 0 fully saturated rings. The molecular formula is C7H7IO3S. The lowest BCUT2D eigenvalue weighted by Crippen LogP contribution is -2.22. The van der Waals surface area contributed by atoms with Crippen molar-refractivity contribution >= 4 is 39.9 Å². The van der Waals surface area contributed by atoms with Gasteiger partial charge in [0.15, 0.2) is 11.2 Å². The van der Waals surface area contributed by atoms with E-state index in [4.69, 9.17) is 9.84 Å². The van der Waals surface area contributed by atoms with Gasteiger partial charge in [0, 0.05) is 0 Å². The molecule has 1 aromatic rings. The maximum absolute atomic E-state index is 10.4. The highest BCUT2D eigenvalue weighted by Gasteiger charge is 2.12. The molecule has 0 aliphatic heterocycles. The predicted molar refractivity (Wildman–Crippen MR) is 54.8 cm³/mol. The van der Waals surface area contributed by atoms with Crippen molar-refractivity contribution in [2.24, 2.45) is 0 Å². The lowest BCUT2D eigenvalue weighted by atomic mass is 10.4. The van der Waals surface area contributed by atoms with E-state index in [-0.39, 0.29) is 0 Å². The predicted octanol–water partition coefficient (Wildman–Crippen LogP) is 2.20. The third-order valence-corrected chi connectivity index (χ3v) is 2.97. The smallest absolute Gasteiger partial charge is 0.344 e. The maximum Gasteiger partial charge on any atom is 0.344 e. The molecule has 1 unspecified atom stereocenters. The van der Waals surface area contributed by atoms with Gasteiger partial charge in [-0.2, -0.15) is 0 Å². The van der Waals surface area contributed by atoms with E-state index in [0.717, 1.165) is 2.88 Å². The number of rotatable bonds is 3. The van der Waals surface area contributed by atoms with Gasteiger partial charge >= 0.3 is 5.97 Å². The van der Waals surface area contributed by atoms with Crippen molar-refractivity contribution < 1.29 is 14.6 Å². The number of carbonyl (C=O) groups is 1. The molecule has 0 aliphatic rings. The van der Waals surface area contributed by atoms with E-state index in [0.29, 0.717) is 5.06 Å². The lowest BCUT2D eigenvalue weighted by molar-refractivity contribution is -0.144. The first-order valence-corrected chi connectivity index (χ1v) is 5.14. The Morgan fingerprint density at radius 2 is 2.42 bits per heavy atom. The van der Waals surface area contributed by atoms with E-state index in [1.54, 1.807) is 6.07 Å². The van der Waals surface area contributed by atoms with Crippen LogP contribution in [0, 0.1) is 2.88 Å². The van der Waals surface area contributed by atoms with Gasteiger partial charge in [-0.25, -0.2) is 4.79 Å². The van der Waals surface area contributed by atoms with E-state index in [1.807, 2.05) is 6.07 Å². The standard InChI is InChI=1S/C7H7IO3S/c1-4(7(9)10)11-6-3-2-5(8)12-6/h2-4H,1H3,(H,9,10). The van der Waals surface area contributed by atoms with Crippen molar-refractivity contribution in [3.8, 4) is 5.06 Å². The van der Waals surface area contributed by atoms with Crippen LogP contribution in [-0.2, 0) is 4.79 Å². The van der Waals surface area contributed by atoms with Gasteiger partial charge in [0.05, 0.1) is 2.88 Å². The molecule has 0 saturated carbocycles. The van der Waals surface area contributed by atoms with Crippen LogP contribution in [0.1, 0.15) is 6.92 Å². The number of ether oxygens (including phenoxy) is 1. The molecule has 1 N–H and O–H groups in total. The minimum atomic E-state index is -0.946. The second-order valence-corrected chi connectivity index (χ2v) is 5.10. The summed E-state index contributed by atoms with van der Waals surface area (Å²) in [5, 5.41) is 9.18. The first-order chi connectivity index (χ1) is 5.59. The van der Waals surface area contributed by atoms with Crippen molar-refractivity contribution in [3.63, 3.8) is 0 Å². The van der Waals surface area contributed by atoms with Crippen LogP contribution in [0.15, 0.2) is 12.1 Å². The molecule has 0 radical (unpaired) electrons. The summed E-state index contributed by atoms with van der Waals surface area (Å²) in [4.78, 5) is 10.4. The number of carboxylic acids is 1. The SMILES string of the molecule is CC(Oc1ccc(I)s1)C(=O)O. The molecule has 1 heterocycles. The summed E-state index contributed by atoms with van der Waals surface area (Å²) in [5.74, 6) is -0.946. The van der Waals surface area contributed by atoms with E-state index in [9.17, 15) is 4.79 Å². The van der Waals surface area contributed by atoms with Crippen molar-refractivity contribution in [3.05, 3.63) is 15.0 Å². The van der Waals surface area contributed by atoms with Crippen molar-refractivity contribution in [2.45, 2.75) is 13.0 Å². The fourth-order valence-electron chi connectivity index (χ4n) is 0.586. The topological polar surface area (TPSA) is 46.5 Å². The van der Waals surface area contributed by atoms with Crippen LogP contribution in [0.5, 0.6) is 5.06 Å². The Kier molecular flexibility index (Phi) is 3.33. The van der Waals surface area contributed by atoms with Crippen LogP contribution < -0.4 is 4.74 Å². The van der Waals surface area contributed by atoms with E-state index < -0.39 is 12.1 Å². The fourth-order valence-corrected chi connectivity index (χ4v) is 2.07. The second-order valence-electron chi connectivity index (χ2n) is 2.16. The first-order valence-electron chi connectivity index (χ1n) is 3.24. The van der Waals surface area contributed by atoms with Gasteiger partial charge in [0.25, 0.3) is 0 Å². The third kappa shape index (κ3) is 2.63. The summed E-state index contributed by atoms with van der Waals surface area (Å²) in [7, 11) is 0. The zero-order valence-electron chi connectivity index (χ0n) is 6.28. The number of carboxylic acid groups (broad SMARTS) is 1. The summed E-state index contributed by atoms with van der Waals surface area (Å²) in [6.07, 6.45) is -0.778. The minimum Gasteiger partial charge on any atom is -0.479 e. The van der Waals surface area contributed by atoms with Crippen LogP contribution in [0.2, 0.25) is 0 Å². The second kappa shape index (κ2) is 4.08. The van der Waals surface area contributed by atoms with Crippen LogP contribution in [-0.4, -0.2) is 17.2 Å². The molecule has 3 nitrogen and oxygen atoms in total. The van der Waals surface area contributed by atoms with E-state index in [2.05, 4.69) is 22.6 Å². The summed E-state index contributed by atoms with van der Waals surface area (Å²) < 4.78 is 6.19. The Hall–Kier alpha value is -0.300. The Morgan fingerprint density at radius 3 is 2.83 bits per heavy atom. The van der Waals surface area contributed by atoms with Gasteiger partial charge in [0.1, 0.15) is 0 Å². The van der Waals surface area contributed by atoms with Gasteiger partial charge in [-0.15, -0.1) is 0 Å². The van der Waals surface area contributed by atoms with Gasteiger partial charge in [-0.05, 0) is 41.6 Å². The molecule has 0 spiro atoms. The van der Waals surface area contributed by atoms with Gasteiger partial charge in [0.2, 0.25) is 0 Å². The summed E-state index contributed by atoms with van der Waals surface area (Å²) in [6, 6.07) is 3.65. The average Bonchev–Trinajstić information content (AvgIpc) is 2.35. The Bertz CT molecular complexity index is 284. The van der Waals surface area contributed by atoms with Crippen LogP contribution in [0.25, 0.3) is 0 Å². The number of halogens is 1. The van der Waals surface area contributed by atoms with Gasteiger partial charge < -0.3 is 9.84 Å². The molecule has 0 amide bonds. The molecule has 0 saturated heterocycles. The molecule has 1 atom stereocenters. The molecular weight excluding hydrogens is 291 g/mol. The molecule has 0 aromatic carbocycles. The molecule has 5 heteroatoms. The van der Waals surface area contributed by atoms with E-state index >= 15 is 0 Å². The van der Waals surface area contributed by atoms with Crippen molar-refractivity contribution in [1.29, 1.82) is 0 Å². The molecule has 1 aromatic heterocycles. The third-order valence-electron chi connectivity index (χ3n) is 1.19. The summed E-state index contributed by atoms with van der Waals surface area (Å²) in [5.41, 5.74) is 0. The number of thiophene rings is 1. The quantitative estimate of drug-likeness (QED) is 0.870. The first kappa shape index (κ1) is 9.79. The van der Waals surface area contributed by atoms with Crippen molar-refractivity contribution in [1.82, 2.24) is 0 Å². The van der Waals surface area contributed by atoms with Crippen LogP contribution in [0.3, 0.4) is 0 Å². The van der Waals surface area contributed by atoms with E-state index in [1.165, 1.54) is 18.3 Å². The summed E-state index contributed by atoms with van der Waals surface area (Å²) in [6.45, 7) is 1.51. The molecule has 66 valence electrons. The molecule has 0 aliphatic carbocycles. The van der Waals surface area contributed by atoms with Crippen LogP contribution in [0.4, 0.5) is 0 Å². The number of hydrogen-bond acceptors (Lipinski definition) is 3. The highest BCUT2D eigenvalue weighted by Crippen LogP contribution is 2.26. The number of aliphatic carboxylic acids is 1. The maximum atomic E-state index is 10.4. The zero-order valence-corrected chi connectivity index (χ0v) is 9.26. The Balaban J connectivity index is 2.58. The zero-order chi connectivity index (χ0) is 9.14. The highest BCUT2D eigenvalue weighted by atomic mass is 127. The summed E-state index contributed by atoms with van der Waals surface area (Å²) >= 11 is 3.59. The fraction of sp³-hybridized carbons (Fsp3) is 0.286. The highest BCUT2D eigenvalue weighted by molar-refractivity contribution is 14.1. The average molecular weight is 298 g/mol. The Morgan fingerprint density at radius 1 is 1.75 bits per heavy atom. The monoisotopic (exact) mass is 298 g/mol. The Labute approximate surface area is 87.5 Å². The molecule has 12 heavy (non-hydrogen) atoms. The normalized spacial score (nSPS) is 12.5. The van der Waals surface area contributed by atoms with Gasteiger partial charge in [-0.1, -0.05) is 11.3 Å². The van der Waals surface area contributed by atoms with Gasteiger partial charge in [-0.3, -0.25) is 0 Å². The number of hydrogen-bond donors (Lipinski definition) is 1. The lowest BCUT2D eigenvalue weighted by Gasteiger charge is -2.06.